The molecule has 0 amide bonds. The van der Waals surface area contributed by atoms with Gasteiger partial charge in [0.05, 0.1) is 24.9 Å². The number of ether oxygens (including phenoxy) is 1. The number of thiocarbonyl (C=S) groups is 1. The maximum atomic E-state index is 12.9. The highest BCUT2D eigenvalue weighted by Crippen LogP contribution is 2.27. The molecule has 0 unspecified atom stereocenters. The molecule has 1 aliphatic carbocycles. The van der Waals surface area contributed by atoms with E-state index in [0.717, 1.165) is 43.0 Å². The summed E-state index contributed by atoms with van der Waals surface area (Å²) >= 11 is 5.80. The van der Waals surface area contributed by atoms with Crippen molar-refractivity contribution < 1.29 is 9.53 Å². The number of H-pyrrole nitrogens is 1. The Balaban J connectivity index is 1.65. The SMILES string of the molecule is CCc1ccc2[nH]c(=O)c(CN(C(=S)Nc3ccccc3C(=O)OC)C3CCCC3)cc2c1. The zero-order chi connectivity index (χ0) is 23.4. The highest BCUT2D eigenvalue weighted by Gasteiger charge is 2.26. The minimum atomic E-state index is -0.425. The monoisotopic (exact) mass is 463 g/mol. The molecule has 1 saturated carbocycles. The Morgan fingerprint density at radius 2 is 1.94 bits per heavy atom. The van der Waals surface area contributed by atoms with Crippen LogP contribution in [0.1, 0.15) is 54.1 Å². The molecule has 0 saturated heterocycles. The lowest BCUT2D eigenvalue weighted by Gasteiger charge is -2.32. The van der Waals surface area contributed by atoms with Crippen LogP contribution in [0.25, 0.3) is 10.9 Å². The van der Waals surface area contributed by atoms with Gasteiger partial charge in [-0.2, -0.15) is 0 Å². The summed E-state index contributed by atoms with van der Waals surface area (Å²) in [7, 11) is 1.36. The smallest absolute Gasteiger partial charge is 0.339 e. The summed E-state index contributed by atoms with van der Waals surface area (Å²) in [6.07, 6.45) is 5.25. The van der Waals surface area contributed by atoms with Crippen LogP contribution in [0.3, 0.4) is 0 Å². The number of carbonyl (C=O) groups excluding carboxylic acids is 1. The number of benzene rings is 2. The van der Waals surface area contributed by atoms with Gasteiger partial charge in [-0.1, -0.05) is 38.0 Å². The lowest BCUT2D eigenvalue weighted by atomic mass is 10.1. The van der Waals surface area contributed by atoms with Gasteiger partial charge in [-0.3, -0.25) is 4.79 Å². The molecule has 33 heavy (non-hydrogen) atoms. The number of fused-ring (bicyclic) bond motifs is 1. The molecule has 0 aliphatic heterocycles. The van der Waals surface area contributed by atoms with E-state index in [1.54, 1.807) is 18.2 Å². The number of hydrogen-bond donors (Lipinski definition) is 2. The molecule has 4 rings (SSSR count). The second kappa shape index (κ2) is 10.2. The van der Waals surface area contributed by atoms with Gasteiger partial charge in [0.15, 0.2) is 5.11 Å². The Morgan fingerprint density at radius 1 is 1.18 bits per heavy atom. The number of pyridine rings is 1. The van der Waals surface area contributed by atoms with Crippen molar-refractivity contribution in [3.63, 3.8) is 0 Å². The van der Waals surface area contributed by atoms with E-state index in [0.29, 0.717) is 28.5 Å². The first-order chi connectivity index (χ1) is 16.0. The van der Waals surface area contributed by atoms with Crippen molar-refractivity contribution >= 4 is 39.9 Å². The van der Waals surface area contributed by atoms with Crippen LogP contribution >= 0.6 is 12.2 Å². The first-order valence-electron chi connectivity index (χ1n) is 11.4. The van der Waals surface area contributed by atoms with E-state index >= 15 is 0 Å². The van der Waals surface area contributed by atoms with Crippen LogP contribution in [0.5, 0.6) is 0 Å². The van der Waals surface area contributed by atoms with Gasteiger partial charge in [-0.15, -0.1) is 0 Å². The number of nitrogens with zero attached hydrogens (tertiary/aromatic N) is 1. The summed E-state index contributed by atoms with van der Waals surface area (Å²) in [5.74, 6) is -0.425. The molecule has 1 aromatic heterocycles. The fraction of sp³-hybridized carbons (Fsp3) is 0.346. The minimum absolute atomic E-state index is 0.104. The van der Waals surface area contributed by atoms with Crippen molar-refractivity contribution in [3.05, 3.63) is 75.6 Å². The van der Waals surface area contributed by atoms with Crippen molar-refractivity contribution in [2.24, 2.45) is 0 Å². The van der Waals surface area contributed by atoms with E-state index < -0.39 is 5.97 Å². The van der Waals surface area contributed by atoms with Crippen molar-refractivity contribution in [1.29, 1.82) is 0 Å². The van der Waals surface area contributed by atoms with Crippen molar-refractivity contribution in [3.8, 4) is 0 Å². The van der Waals surface area contributed by atoms with Crippen LogP contribution in [0.15, 0.2) is 53.3 Å². The first-order valence-corrected chi connectivity index (χ1v) is 11.8. The van der Waals surface area contributed by atoms with Crippen LogP contribution in [0.4, 0.5) is 5.69 Å². The predicted molar refractivity (Wildman–Crippen MR) is 136 cm³/mol. The van der Waals surface area contributed by atoms with E-state index in [9.17, 15) is 9.59 Å². The van der Waals surface area contributed by atoms with Crippen molar-refractivity contribution in [2.75, 3.05) is 12.4 Å². The third-order valence-electron chi connectivity index (χ3n) is 6.33. The Kier molecular flexibility index (Phi) is 7.08. The number of aromatic amines is 1. The molecule has 6 nitrogen and oxygen atoms in total. The van der Waals surface area contributed by atoms with E-state index in [1.807, 2.05) is 24.3 Å². The van der Waals surface area contributed by atoms with Gasteiger partial charge in [0.1, 0.15) is 0 Å². The van der Waals surface area contributed by atoms with Crippen molar-refractivity contribution in [2.45, 2.75) is 51.6 Å². The minimum Gasteiger partial charge on any atom is -0.465 e. The quantitative estimate of drug-likeness (QED) is 0.395. The number of esters is 1. The number of nitrogens with one attached hydrogen (secondary N) is 2. The van der Waals surface area contributed by atoms with Crippen molar-refractivity contribution in [1.82, 2.24) is 9.88 Å². The molecule has 172 valence electrons. The molecule has 0 radical (unpaired) electrons. The summed E-state index contributed by atoms with van der Waals surface area (Å²) < 4.78 is 4.91. The molecule has 2 aromatic carbocycles. The molecule has 1 fully saturated rings. The third kappa shape index (κ3) is 5.09. The fourth-order valence-corrected chi connectivity index (χ4v) is 4.80. The molecule has 7 heteroatoms. The second-order valence-electron chi connectivity index (χ2n) is 8.43. The average molecular weight is 464 g/mol. The molecular weight excluding hydrogens is 434 g/mol. The number of aryl methyl sites for hydroxylation is 1. The van der Waals surface area contributed by atoms with Gasteiger partial charge in [0, 0.05) is 17.1 Å². The largest absolute Gasteiger partial charge is 0.465 e. The Labute approximate surface area is 199 Å². The number of carbonyl (C=O) groups is 1. The number of hydrogen-bond acceptors (Lipinski definition) is 4. The number of rotatable bonds is 6. The standard InChI is InChI=1S/C26H29N3O3S/c1-3-17-12-13-22-18(14-17)15-19(24(30)27-22)16-29(20-8-4-5-9-20)26(33)28-23-11-7-6-10-21(23)25(31)32-2/h6-7,10-15,20H,3-5,8-9,16H2,1-2H3,(H,27,30)(H,28,33). The van der Waals surface area contributed by atoms with E-state index in [1.165, 1.54) is 12.7 Å². The van der Waals surface area contributed by atoms with E-state index in [-0.39, 0.29) is 11.6 Å². The summed E-state index contributed by atoms with van der Waals surface area (Å²) in [5.41, 5.74) is 3.65. The maximum Gasteiger partial charge on any atom is 0.339 e. The highest BCUT2D eigenvalue weighted by atomic mass is 32.1. The lowest BCUT2D eigenvalue weighted by molar-refractivity contribution is 0.0602. The van der Waals surface area contributed by atoms with Crippen LogP contribution in [0.2, 0.25) is 0 Å². The van der Waals surface area contributed by atoms with E-state index in [4.69, 9.17) is 17.0 Å². The normalized spacial score (nSPS) is 13.8. The van der Waals surface area contributed by atoms with Gasteiger partial charge >= 0.3 is 5.97 Å². The highest BCUT2D eigenvalue weighted by molar-refractivity contribution is 7.80. The summed E-state index contributed by atoms with van der Waals surface area (Å²) in [6, 6.07) is 15.5. The Hall–Kier alpha value is -3.19. The third-order valence-corrected chi connectivity index (χ3v) is 6.67. The number of anilines is 1. The molecule has 1 heterocycles. The molecule has 2 N–H and O–H groups in total. The fourth-order valence-electron chi connectivity index (χ4n) is 4.47. The van der Waals surface area contributed by atoms with Crippen LogP contribution < -0.4 is 10.9 Å². The predicted octanol–water partition coefficient (Wildman–Crippen LogP) is 5.02. The molecule has 0 atom stereocenters. The lowest BCUT2D eigenvalue weighted by Crippen LogP contribution is -2.42. The topological polar surface area (TPSA) is 74.4 Å². The van der Waals surface area contributed by atoms with Gasteiger partial charge in [0.25, 0.3) is 5.56 Å². The summed E-state index contributed by atoms with van der Waals surface area (Å²) in [6.45, 7) is 2.52. The maximum absolute atomic E-state index is 12.9. The van der Waals surface area contributed by atoms with Crippen LogP contribution in [-0.2, 0) is 17.7 Å². The van der Waals surface area contributed by atoms with Gasteiger partial charge < -0.3 is 19.9 Å². The van der Waals surface area contributed by atoms with Gasteiger partial charge in [-0.25, -0.2) is 4.79 Å². The molecule has 1 aliphatic rings. The number of methoxy groups -OCH3 is 1. The van der Waals surface area contributed by atoms with Crippen LogP contribution in [-0.4, -0.2) is 34.1 Å². The summed E-state index contributed by atoms with van der Waals surface area (Å²) in [5, 5.41) is 4.76. The second-order valence-corrected chi connectivity index (χ2v) is 8.82. The number of aromatic nitrogens is 1. The molecule has 3 aromatic rings. The molecular formula is C26H29N3O3S. The molecule has 0 spiro atoms. The Bertz CT molecular complexity index is 1230. The summed E-state index contributed by atoms with van der Waals surface area (Å²) in [4.78, 5) is 30.2. The van der Waals surface area contributed by atoms with E-state index in [2.05, 4.69) is 28.2 Å². The zero-order valence-corrected chi connectivity index (χ0v) is 19.8. The van der Waals surface area contributed by atoms with Gasteiger partial charge in [-0.05, 0) is 72.8 Å². The number of para-hydroxylation sites is 1. The van der Waals surface area contributed by atoms with Gasteiger partial charge in [0.2, 0.25) is 0 Å². The average Bonchev–Trinajstić information content (AvgIpc) is 3.36. The van der Waals surface area contributed by atoms with Crippen LogP contribution in [0, 0.1) is 0 Å². The Morgan fingerprint density at radius 3 is 2.67 bits per heavy atom. The zero-order valence-electron chi connectivity index (χ0n) is 19.0. The first kappa shape index (κ1) is 23.0. The molecule has 0 bridgehead atoms.